The SMILES string of the molecule is Cc1ccc(-c2cccc3c(=O)[nH]sc23)cc1. The summed E-state index contributed by atoms with van der Waals surface area (Å²) in [6.45, 7) is 2.07. The van der Waals surface area contributed by atoms with Gasteiger partial charge < -0.3 is 0 Å². The van der Waals surface area contributed by atoms with Crippen LogP contribution in [0.25, 0.3) is 21.2 Å². The smallest absolute Gasteiger partial charge is 0.265 e. The Kier molecular flexibility index (Phi) is 2.34. The molecule has 0 bridgehead atoms. The van der Waals surface area contributed by atoms with E-state index in [9.17, 15) is 4.79 Å². The predicted molar refractivity (Wildman–Crippen MR) is 72.6 cm³/mol. The molecule has 2 nitrogen and oxygen atoms in total. The second-order valence-corrected chi connectivity index (χ2v) is 4.90. The third-order valence-electron chi connectivity index (χ3n) is 2.87. The molecule has 1 heterocycles. The summed E-state index contributed by atoms with van der Waals surface area (Å²) in [6, 6.07) is 14.2. The van der Waals surface area contributed by atoms with Crippen molar-refractivity contribution in [2.75, 3.05) is 0 Å². The van der Waals surface area contributed by atoms with Crippen LogP contribution in [0, 0.1) is 6.92 Å². The first-order chi connectivity index (χ1) is 8.25. The maximum Gasteiger partial charge on any atom is 0.265 e. The summed E-state index contributed by atoms with van der Waals surface area (Å²) in [5.41, 5.74) is 3.50. The van der Waals surface area contributed by atoms with Crippen LogP contribution in [-0.4, -0.2) is 4.37 Å². The van der Waals surface area contributed by atoms with Gasteiger partial charge >= 0.3 is 0 Å². The van der Waals surface area contributed by atoms with Crippen molar-refractivity contribution in [3.63, 3.8) is 0 Å². The molecule has 0 aliphatic rings. The molecule has 0 saturated heterocycles. The first-order valence-corrected chi connectivity index (χ1v) is 6.24. The van der Waals surface area contributed by atoms with Crippen LogP contribution in [0.4, 0.5) is 0 Å². The largest absolute Gasteiger partial charge is 0.277 e. The average Bonchev–Trinajstić information content (AvgIpc) is 2.73. The first-order valence-electron chi connectivity index (χ1n) is 5.43. The Morgan fingerprint density at radius 1 is 1.06 bits per heavy atom. The molecule has 0 aliphatic carbocycles. The van der Waals surface area contributed by atoms with Gasteiger partial charge in [-0.05, 0) is 18.6 Å². The van der Waals surface area contributed by atoms with E-state index >= 15 is 0 Å². The Morgan fingerprint density at radius 2 is 1.82 bits per heavy atom. The normalized spacial score (nSPS) is 10.9. The zero-order valence-corrected chi connectivity index (χ0v) is 10.2. The highest BCUT2D eigenvalue weighted by Crippen LogP contribution is 2.29. The molecular weight excluding hydrogens is 230 g/mol. The van der Waals surface area contributed by atoms with Crippen LogP contribution in [0.2, 0.25) is 0 Å². The van der Waals surface area contributed by atoms with E-state index < -0.39 is 0 Å². The molecule has 0 atom stereocenters. The maximum absolute atomic E-state index is 11.6. The number of aromatic nitrogens is 1. The predicted octanol–water partition coefficient (Wildman–Crippen LogP) is 3.57. The number of rotatable bonds is 1. The number of H-pyrrole nitrogens is 1. The van der Waals surface area contributed by atoms with Crippen molar-refractivity contribution in [3.05, 3.63) is 58.4 Å². The minimum Gasteiger partial charge on any atom is -0.277 e. The maximum atomic E-state index is 11.6. The number of fused-ring (bicyclic) bond motifs is 1. The van der Waals surface area contributed by atoms with Gasteiger partial charge in [-0.25, -0.2) is 0 Å². The minimum atomic E-state index is -0.000961. The Balaban J connectivity index is 2.30. The molecule has 0 radical (unpaired) electrons. The number of hydrogen-bond acceptors (Lipinski definition) is 2. The van der Waals surface area contributed by atoms with Crippen LogP contribution < -0.4 is 5.56 Å². The number of nitrogens with one attached hydrogen (secondary N) is 1. The van der Waals surface area contributed by atoms with Crippen molar-refractivity contribution in [2.45, 2.75) is 6.92 Å². The Hall–Kier alpha value is -1.87. The minimum absolute atomic E-state index is 0.000961. The molecule has 3 aromatic rings. The van der Waals surface area contributed by atoms with Crippen LogP contribution in [0.5, 0.6) is 0 Å². The molecule has 0 fully saturated rings. The molecule has 2 aromatic carbocycles. The topological polar surface area (TPSA) is 32.9 Å². The van der Waals surface area contributed by atoms with Crippen LogP contribution in [-0.2, 0) is 0 Å². The molecular formula is C14H11NOS. The monoisotopic (exact) mass is 241 g/mol. The van der Waals surface area contributed by atoms with Gasteiger partial charge in [0.1, 0.15) is 0 Å². The van der Waals surface area contributed by atoms with Crippen molar-refractivity contribution in [2.24, 2.45) is 0 Å². The fraction of sp³-hybridized carbons (Fsp3) is 0.0714. The van der Waals surface area contributed by atoms with Crippen molar-refractivity contribution in [3.8, 4) is 11.1 Å². The van der Waals surface area contributed by atoms with Gasteiger partial charge in [0, 0.05) is 5.56 Å². The summed E-state index contributed by atoms with van der Waals surface area (Å²) in [6.07, 6.45) is 0. The summed E-state index contributed by atoms with van der Waals surface area (Å²) >= 11 is 1.40. The van der Waals surface area contributed by atoms with Gasteiger partial charge in [-0.3, -0.25) is 9.17 Å². The van der Waals surface area contributed by atoms with E-state index in [0.29, 0.717) is 0 Å². The lowest BCUT2D eigenvalue weighted by Crippen LogP contribution is -1.95. The van der Waals surface area contributed by atoms with E-state index in [4.69, 9.17) is 0 Å². The van der Waals surface area contributed by atoms with E-state index in [1.165, 1.54) is 17.1 Å². The summed E-state index contributed by atoms with van der Waals surface area (Å²) in [4.78, 5) is 11.6. The molecule has 17 heavy (non-hydrogen) atoms. The second kappa shape index (κ2) is 3.86. The van der Waals surface area contributed by atoms with E-state index in [1.54, 1.807) is 0 Å². The molecule has 3 heteroatoms. The Labute approximate surface area is 103 Å². The van der Waals surface area contributed by atoms with Gasteiger partial charge in [-0.2, -0.15) is 0 Å². The van der Waals surface area contributed by atoms with E-state index in [0.717, 1.165) is 21.2 Å². The van der Waals surface area contributed by atoms with Gasteiger partial charge in [0.25, 0.3) is 5.56 Å². The van der Waals surface area contributed by atoms with E-state index in [2.05, 4.69) is 41.6 Å². The van der Waals surface area contributed by atoms with Gasteiger partial charge in [0.2, 0.25) is 0 Å². The highest BCUT2D eigenvalue weighted by Gasteiger charge is 2.07. The molecule has 0 spiro atoms. The quantitative estimate of drug-likeness (QED) is 0.694. The average molecular weight is 241 g/mol. The van der Waals surface area contributed by atoms with E-state index in [1.807, 2.05) is 12.1 Å². The lowest BCUT2D eigenvalue weighted by Gasteiger charge is -2.02. The van der Waals surface area contributed by atoms with Gasteiger partial charge in [-0.15, -0.1) is 0 Å². The lowest BCUT2D eigenvalue weighted by molar-refractivity contribution is 1.46. The summed E-state index contributed by atoms with van der Waals surface area (Å²) in [5.74, 6) is 0. The Bertz CT molecular complexity index is 722. The van der Waals surface area contributed by atoms with E-state index in [-0.39, 0.29) is 5.56 Å². The molecule has 3 rings (SSSR count). The highest BCUT2D eigenvalue weighted by molar-refractivity contribution is 7.13. The van der Waals surface area contributed by atoms with Crippen molar-refractivity contribution in [1.29, 1.82) is 0 Å². The van der Waals surface area contributed by atoms with Crippen molar-refractivity contribution >= 4 is 21.6 Å². The summed E-state index contributed by atoms with van der Waals surface area (Å²) < 4.78 is 3.81. The summed E-state index contributed by atoms with van der Waals surface area (Å²) in [7, 11) is 0. The molecule has 0 aliphatic heterocycles. The number of benzene rings is 2. The first kappa shape index (κ1) is 10.3. The van der Waals surface area contributed by atoms with Crippen LogP contribution in [0.1, 0.15) is 5.56 Å². The highest BCUT2D eigenvalue weighted by atomic mass is 32.1. The Morgan fingerprint density at radius 3 is 2.59 bits per heavy atom. The lowest BCUT2D eigenvalue weighted by atomic mass is 10.0. The van der Waals surface area contributed by atoms with Crippen molar-refractivity contribution in [1.82, 2.24) is 4.37 Å². The number of aromatic amines is 1. The third-order valence-corrected chi connectivity index (χ3v) is 3.80. The molecule has 0 unspecified atom stereocenters. The fourth-order valence-electron chi connectivity index (χ4n) is 1.94. The zero-order valence-electron chi connectivity index (χ0n) is 9.36. The second-order valence-electron chi connectivity index (χ2n) is 4.08. The standard InChI is InChI=1S/C14H11NOS/c1-9-5-7-10(8-6-9)11-3-2-4-12-13(11)17-15-14(12)16/h2-8H,1H3,(H,15,16). The van der Waals surface area contributed by atoms with Crippen LogP contribution >= 0.6 is 11.5 Å². The fourth-order valence-corrected chi connectivity index (χ4v) is 2.81. The molecule has 84 valence electrons. The van der Waals surface area contributed by atoms with Gasteiger partial charge in [0.05, 0.1) is 10.1 Å². The van der Waals surface area contributed by atoms with Crippen molar-refractivity contribution < 1.29 is 0 Å². The zero-order chi connectivity index (χ0) is 11.8. The van der Waals surface area contributed by atoms with Crippen LogP contribution in [0.15, 0.2) is 47.3 Å². The molecule has 0 saturated carbocycles. The number of hydrogen-bond donors (Lipinski definition) is 1. The van der Waals surface area contributed by atoms with Gasteiger partial charge in [0.15, 0.2) is 0 Å². The molecule has 0 amide bonds. The summed E-state index contributed by atoms with van der Waals surface area (Å²) in [5, 5.41) is 0.771. The number of aryl methyl sites for hydroxylation is 1. The molecule has 1 N–H and O–H groups in total. The van der Waals surface area contributed by atoms with Gasteiger partial charge in [-0.1, -0.05) is 53.5 Å². The van der Waals surface area contributed by atoms with Crippen LogP contribution in [0.3, 0.4) is 0 Å². The molecule has 1 aromatic heterocycles. The third kappa shape index (κ3) is 1.68.